The lowest BCUT2D eigenvalue weighted by molar-refractivity contribution is -0.136. The summed E-state index contributed by atoms with van der Waals surface area (Å²) in [5, 5.41) is 8.30. The number of nitrogens with zero attached hydrogens (tertiary/aromatic N) is 4. The molecule has 2 aromatic rings. The molecule has 0 radical (unpaired) electrons. The zero-order valence-corrected chi connectivity index (χ0v) is 59.6. The van der Waals surface area contributed by atoms with E-state index in [1.165, 1.54) is 6.07 Å². The molecular weight excluding hydrogens is 1500 g/mol. The molecule has 0 spiro atoms. The summed E-state index contributed by atoms with van der Waals surface area (Å²) in [6.45, 7) is 12.0. The molecule has 5 nitrogen and oxygen atoms in total. The van der Waals surface area contributed by atoms with Crippen LogP contribution in [0.4, 0.5) is 30.2 Å². The molecule has 0 saturated carbocycles. The summed E-state index contributed by atoms with van der Waals surface area (Å²) in [6, 6.07) is 12.1. The smallest absolute Gasteiger partial charge is 0.304 e. The first-order valence-corrected chi connectivity index (χ1v) is 30.2. The van der Waals surface area contributed by atoms with E-state index in [-0.39, 0.29) is 10.8 Å². The van der Waals surface area contributed by atoms with E-state index < -0.39 is 28.9 Å². The van der Waals surface area contributed by atoms with Gasteiger partial charge in [-0.1, -0.05) is 12.0 Å². The van der Waals surface area contributed by atoms with Gasteiger partial charge in [-0.05, 0) is 139 Å². The van der Waals surface area contributed by atoms with E-state index in [1.54, 1.807) is 43.9 Å². The van der Waals surface area contributed by atoms with Crippen LogP contribution >= 0.6 is 34.8 Å². The molecule has 3 rings (SSSR count). The van der Waals surface area contributed by atoms with Crippen LogP contribution < -0.4 is 9.80 Å². The summed E-state index contributed by atoms with van der Waals surface area (Å²) in [6.07, 6.45) is -4.72. The second-order valence-electron chi connectivity index (χ2n) is 16.8. The molecule has 1 aliphatic heterocycles. The standard InChI is InChI=1S/C82H3N.C19H13F3IN3OS/c1-2-3-4-5-6-7-8-9-10-11-12-13-14-15-16-17-18-19-20-21-22-23-24-25-26-27-28-29-30-31-32-33-34-35-36-37-38-39-40-41-42-43-44-45-46-47-48-49-50-51-52-53-54-55-56-57-58-59-60-61-62-63-64-65-66-67-68-69-70-71-72-73-74-75-76-77-78-79-80-81-82-83;1-18(2)16(27)25(17(28)26(18)12-6-4-11(23)5-7-12)13-8-9-15(24-3)14(10-13)19(20,21)22/h1H3;4-10H,1-2H3. The average molecular weight is 1520 g/mol. The third kappa shape index (κ3) is 45.8. The highest BCUT2D eigenvalue weighted by Gasteiger charge is 2.50. The number of rotatable bonds is 2. The summed E-state index contributed by atoms with van der Waals surface area (Å²) in [7, 11) is 0. The van der Waals surface area contributed by atoms with E-state index in [0.717, 1.165) is 20.6 Å². The van der Waals surface area contributed by atoms with Gasteiger partial charge >= 0.3 is 6.18 Å². The number of amides is 1. The van der Waals surface area contributed by atoms with Crippen LogP contribution in [0, 0.1) is 495 Å². The fourth-order valence-electron chi connectivity index (χ4n) is 5.53. The van der Waals surface area contributed by atoms with Gasteiger partial charge in [0.2, 0.25) is 0 Å². The first-order chi connectivity index (χ1) is 54.4. The molecule has 0 aliphatic carbocycles. The maximum atomic E-state index is 13.3. The van der Waals surface area contributed by atoms with Crippen LogP contribution in [-0.2, 0) is 11.0 Å². The van der Waals surface area contributed by atoms with Crippen LogP contribution in [0.5, 0.6) is 0 Å². The van der Waals surface area contributed by atoms with Crippen molar-refractivity contribution in [2.75, 3.05) is 9.80 Å². The third-order valence-corrected chi connectivity index (χ3v) is 10.6. The van der Waals surface area contributed by atoms with Gasteiger partial charge in [0.15, 0.2) is 16.9 Å². The Bertz CT molecular complexity index is 7310. The van der Waals surface area contributed by atoms with E-state index in [9.17, 15) is 18.0 Å². The summed E-state index contributed by atoms with van der Waals surface area (Å²) >= 11 is 7.62. The minimum absolute atomic E-state index is 0.0178. The Labute approximate surface area is 666 Å². The lowest BCUT2D eigenvalue weighted by Gasteiger charge is -2.29. The maximum absolute atomic E-state index is 13.3. The van der Waals surface area contributed by atoms with Crippen molar-refractivity contribution < 1.29 is 18.0 Å². The van der Waals surface area contributed by atoms with Gasteiger partial charge in [-0.3, -0.25) is 9.69 Å². The molecular formula is C101H16F3IN4OS. The van der Waals surface area contributed by atoms with E-state index in [0.29, 0.717) is 5.69 Å². The Morgan fingerprint density at radius 2 is 0.532 bits per heavy atom. The van der Waals surface area contributed by atoms with Crippen LogP contribution in [0.2, 0.25) is 0 Å². The van der Waals surface area contributed by atoms with Gasteiger partial charge in [-0.2, -0.15) is 18.4 Å². The number of benzene rings is 2. The molecule has 1 heterocycles. The van der Waals surface area contributed by atoms with E-state index >= 15 is 0 Å². The Morgan fingerprint density at radius 1 is 0.342 bits per heavy atom. The summed E-state index contributed by atoms with van der Waals surface area (Å²) < 4.78 is 41.0. The Kier molecular flexibility index (Phi) is 47.6. The number of carbonyl (C=O) groups is 1. The molecule has 0 aromatic heterocycles. The Balaban J connectivity index is 0.00000123. The van der Waals surface area contributed by atoms with Crippen molar-refractivity contribution in [1.29, 1.82) is 5.26 Å². The number of carbonyl (C=O) groups excluding carboxylic acids is 1. The molecule has 1 aliphatic rings. The quantitative estimate of drug-likeness (QED) is 0.151. The number of nitriles is 1. The normalized spacial score (nSPS) is 7.11. The van der Waals surface area contributed by atoms with Gasteiger partial charge in [0, 0.05) is 435 Å². The average Bonchev–Trinajstić information content (AvgIpc) is 1.59. The van der Waals surface area contributed by atoms with Crippen LogP contribution in [0.15, 0.2) is 42.5 Å². The van der Waals surface area contributed by atoms with Crippen LogP contribution in [0.1, 0.15) is 26.3 Å². The van der Waals surface area contributed by atoms with Gasteiger partial charge in [-0.15, -0.1) is 0 Å². The van der Waals surface area contributed by atoms with Crippen molar-refractivity contribution in [3.8, 4) is 480 Å². The van der Waals surface area contributed by atoms with Crippen molar-refractivity contribution in [2.24, 2.45) is 0 Å². The molecule has 10 heteroatoms. The van der Waals surface area contributed by atoms with Crippen molar-refractivity contribution in [3.05, 3.63) is 63.0 Å². The predicted molar refractivity (Wildman–Crippen MR) is 436 cm³/mol. The van der Waals surface area contributed by atoms with Gasteiger partial charge in [0.1, 0.15) is 5.54 Å². The monoisotopic (exact) mass is 1520 g/mol. The number of hydrogen-bond acceptors (Lipinski definition) is 3. The van der Waals surface area contributed by atoms with Crippen molar-refractivity contribution in [3.63, 3.8) is 0 Å². The third-order valence-electron chi connectivity index (χ3n) is 9.47. The topological polar surface area (TPSA) is 51.7 Å². The predicted octanol–water partition coefficient (Wildman–Crippen LogP) is 6.44. The number of anilines is 2. The van der Waals surface area contributed by atoms with E-state index in [2.05, 4.69) is 501 Å². The van der Waals surface area contributed by atoms with Gasteiger partial charge in [-0.25, -0.2) is 4.85 Å². The lowest BCUT2D eigenvalue weighted by Crippen LogP contribution is -2.44. The minimum Gasteiger partial charge on any atom is -0.304 e. The Morgan fingerprint density at radius 3 is 0.712 bits per heavy atom. The van der Waals surface area contributed by atoms with Gasteiger partial charge < -0.3 is 4.90 Å². The lowest BCUT2D eigenvalue weighted by atomic mass is 10.0. The summed E-state index contributed by atoms with van der Waals surface area (Å²) in [4.78, 5) is 18.7. The zero-order chi connectivity index (χ0) is 80.1. The highest BCUT2D eigenvalue weighted by Crippen LogP contribution is 2.42. The maximum Gasteiger partial charge on any atom is 0.407 e. The molecule has 0 bridgehead atoms. The number of halogens is 4. The highest BCUT2D eigenvalue weighted by molar-refractivity contribution is 14.1. The van der Waals surface area contributed by atoms with Crippen molar-refractivity contribution >= 4 is 62.9 Å². The molecule has 1 fully saturated rings. The molecule has 2 aromatic carbocycles. The fraction of sp³-hybridized carbons (Fsp3) is 0.0495. The summed E-state index contributed by atoms with van der Waals surface area (Å²) in [5.74, 6) is 199. The largest absolute Gasteiger partial charge is 0.407 e. The second-order valence-corrected chi connectivity index (χ2v) is 18.5. The van der Waals surface area contributed by atoms with Crippen molar-refractivity contribution in [2.45, 2.75) is 32.5 Å². The summed E-state index contributed by atoms with van der Waals surface area (Å²) in [5.41, 5.74) is -2.06. The number of hydrogen-bond donors (Lipinski definition) is 0. The SMILES string of the molecule is CC#CC#CC#CC#CC#CC#CC#CC#CC#CC#CC#CC#CC#CC#CC#CC#CC#CC#CC#CC#CC#CC#CC#CC#CC#CC#CC#CC#CC#CC#CC#CC#CC#CC#CC#CC#CC#CC#CC#CC#CC#N.[C-]#[N+]c1ccc(N2C(=O)C(C)(C)N(c3ccc(I)cc3)C2=S)cc1C(F)(F)F. The molecule has 1 amide bonds. The van der Waals surface area contributed by atoms with Crippen LogP contribution in [-0.4, -0.2) is 16.6 Å². The Hall–Kier alpha value is -20.3. The first-order valence-electron chi connectivity index (χ1n) is 28.7. The van der Waals surface area contributed by atoms with Gasteiger partial charge in [0.25, 0.3) is 5.91 Å². The highest BCUT2D eigenvalue weighted by atomic mass is 127. The molecule has 0 unspecified atom stereocenters. The van der Waals surface area contributed by atoms with E-state index in [4.69, 9.17) is 24.1 Å². The number of alkyl halides is 3. The van der Waals surface area contributed by atoms with Crippen LogP contribution in [0.3, 0.4) is 0 Å². The fourth-order valence-corrected chi connectivity index (χ4v) is 6.41. The van der Waals surface area contributed by atoms with Gasteiger partial charge in [0.05, 0.1) is 12.1 Å². The minimum atomic E-state index is -4.72. The van der Waals surface area contributed by atoms with Crippen molar-refractivity contribution in [1.82, 2.24) is 0 Å². The molecule has 480 valence electrons. The second kappa shape index (κ2) is 60.8. The first kappa shape index (κ1) is 86.8. The molecule has 0 atom stereocenters. The molecule has 0 N–H and O–H groups in total. The van der Waals surface area contributed by atoms with Crippen LogP contribution in [0.25, 0.3) is 4.85 Å². The number of thiocarbonyl (C=S) groups is 1. The molecule has 111 heavy (non-hydrogen) atoms. The zero-order valence-electron chi connectivity index (χ0n) is 56.7. The molecule has 1 saturated heterocycles. The van der Waals surface area contributed by atoms with E-state index in [1.807, 2.05) is 12.1 Å².